The van der Waals surface area contributed by atoms with E-state index >= 15 is 0 Å². The minimum Gasteiger partial charge on any atom is -0.309 e. The Morgan fingerprint density at radius 1 is 0.347 bits per heavy atom. The number of hydrogen-bond acceptors (Lipinski definition) is 2. The first-order valence-corrected chi connectivity index (χ1v) is 16.7. The SMILES string of the molecule is c1ccc(-c2cc(-c3ccccc3)nc(-c3ccc4cc(-n5c6ccc7ccccc7c6c6c7ccccc7ccc65)ccc4c3)n2)cc1. The number of hydrogen-bond donors (Lipinski definition) is 0. The summed E-state index contributed by atoms with van der Waals surface area (Å²) >= 11 is 0. The lowest BCUT2D eigenvalue weighted by molar-refractivity contribution is 1.18. The first kappa shape index (κ1) is 27.5. The Morgan fingerprint density at radius 3 is 1.43 bits per heavy atom. The van der Waals surface area contributed by atoms with Gasteiger partial charge >= 0.3 is 0 Å². The third-order valence-corrected chi connectivity index (χ3v) is 9.75. The molecule has 0 aliphatic heterocycles. The van der Waals surface area contributed by atoms with Crippen molar-refractivity contribution in [2.24, 2.45) is 0 Å². The molecule has 0 spiro atoms. The highest BCUT2D eigenvalue weighted by Gasteiger charge is 2.18. The molecule has 0 fully saturated rings. The van der Waals surface area contributed by atoms with Gasteiger partial charge in [-0.05, 0) is 68.7 Å². The third kappa shape index (κ3) is 4.51. The zero-order valence-corrected chi connectivity index (χ0v) is 26.6. The first-order chi connectivity index (χ1) is 24.3. The second kappa shape index (κ2) is 11.0. The molecular formula is C46H29N3. The molecule has 3 nitrogen and oxygen atoms in total. The summed E-state index contributed by atoms with van der Waals surface area (Å²) in [6, 6.07) is 62.6. The van der Waals surface area contributed by atoms with Gasteiger partial charge < -0.3 is 4.57 Å². The molecule has 0 aliphatic rings. The summed E-state index contributed by atoms with van der Waals surface area (Å²) in [5.41, 5.74) is 8.50. The molecule has 0 N–H and O–H groups in total. The second-order valence-corrected chi connectivity index (χ2v) is 12.6. The van der Waals surface area contributed by atoms with Crippen molar-refractivity contribution in [1.29, 1.82) is 0 Å². The van der Waals surface area contributed by atoms with Crippen LogP contribution in [0.25, 0.3) is 93.7 Å². The van der Waals surface area contributed by atoms with Crippen LogP contribution in [0.3, 0.4) is 0 Å². The van der Waals surface area contributed by atoms with Crippen LogP contribution < -0.4 is 0 Å². The summed E-state index contributed by atoms with van der Waals surface area (Å²) in [6.45, 7) is 0. The molecule has 0 saturated carbocycles. The fourth-order valence-corrected chi connectivity index (χ4v) is 7.43. The van der Waals surface area contributed by atoms with Gasteiger partial charge in [0, 0.05) is 33.2 Å². The molecule has 0 bridgehead atoms. The van der Waals surface area contributed by atoms with Crippen LogP contribution in [0.5, 0.6) is 0 Å². The van der Waals surface area contributed by atoms with Crippen LogP contribution >= 0.6 is 0 Å². The Hall–Kier alpha value is -6.58. The molecule has 0 aliphatic carbocycles. The summed E-state index contributed by atoms with van der Waals surface area (Å²) in [4.78, 5) is 10.1. The van der Waals surface area contributed by atoms with Crippen molar-refractivity contribution in [3.63, 3.8) is 0 Å². The van der Waals surface area contributed by atoms with E-state index in [0.29, 0.717) is 5.82 Å². The number of fused-ring (bicyclic) bond motifs is 8. The van der Waals surface area contributed by atoms with Gasteiger partial charge in [0.05, 0.1) is 22.4 Å². The molecule has 0 unspecified atom stereocenters. The van der Waals surface area contributed by atoms with Crippen LogP contribution in [0.2, 0.25) is 0 Å². The van der Waals surface area contributed by atoms with Crippen molar-refractivity contribution in [2.75, 3.05) is 0 Å². The van der Waals surface area contributed by atoms with Crippen LogP contribution in [0.1, 0.15) is 0 Å². The molecule has 0 atom stereocenters. The first-order valence-electron chi connectivity index (χ1n) is 16.7. The zero-order valence-electron chi connectivity index (χ0n) is 26.6. The topological polar surface area (TPSA) is 30.7 Å². The predicted octanol–water partition coefficient (Wildman–Crippen LogP) is 12.0. The minimum atomic E-state index is 0.715. The second-order valence-electron chi connectivity index (χ2n) is 12.6. The number of rotatable bonds is 4. The van der Waals surface area contributed by atoms with E-state index in [1.54, 1.807) is 0 Å². The molecule has 2 aromatic heterocycles. The molecular weight excluding hydrogens is 595 g/mol. The van der Waals surface area contributed by atoms with E-state index in [1.807, 2.05) is 12.1 Å². The summed E-state index contributed by atoms with van der Waals surface area (Å²) in [7, 11) is 0. The van der Waals surface area contributed by atoms with Gasteiger partial charge in [0.15, 0.2) is 5.82 Å². The molecule has 0 saturated heterocycles. The van der Waals surface area contributed by atoms with Gasteiger partial charge in [-0.1, -0.05) is 140 Å². The van der Waals surface area contributed by atoms with Crippen molar-refractivity contribution >= 4 is 54.1 Å². The van der Waals surface area contributed by atoms with Gasteiger partial charge in [-0.3, -0.25) is 0 Å². The van der Waals surface area contributed by atoms with E-state index < -0.39 is 0 Å². The maximum atomic E-state index is 5.07. The average Bonchev–Trinajstić information content (AvgIpc) is 3.53. The predicted molar refractivity (Wildman–Crippen MR) is 205 cm³/mol. The maximum absolute atomic E-state index is 5.07. The van der Waals surface area contributed by atoms with Gasteiger partial charge in [-0.2, -0.15) is 0 Å². The van der Waals surface area contributed by atoms with Crippen LogP contribution in [0.4, 0.5) is 0 Å². The van der Waals surface area contributed by atoms with Crippen LogP contribution in [0, 0.1) is 0 Å². The molecule has 3 heteroatoms. The minimum absolute atomic E-state index is 0.715. The van der Waals surface area contributed by atoms with Crippen molar-refractivity contribution in [2.45, 2.75) is 0 Å². The fourth-order valence-electron chi connectivity index (χ4n) is 7.43. The van der Waals surface area contributed by atoms with E-state index in [9.17, 15) is 0 Å². The summed E-state index contributed by atoms with van der Waals surface area (Å²) in [6.07, 6.45) is 0. The monoisotopic (exact) mass is 623 g/mol. The zero-order chi connectivity index (χ0) is 32.3. The standard InChI is InChI=1S/C46H29N3/c1-3-13-32(14-4-1)40-29-41(33-15-5-2-6-16-33)48-46(47-40)36-20-19-35-28-37(24-21-34(35)27-36)49-42-25-22-30-11-7-9-17-38(30)44(42)45-39-18-10-8-12-31(39)23-26-43(45)49/h1-29H. The summed E-state index contributed by atoms with van der Waals surface area (Å²) in [5, 5.41) is 9.96. The van der Waals surface area contributed by atoms with Gasteiger partial charge in [0.25, 0.3) is 0 Å². The lowest BCUT2D eigenvalue weighted by atomic mass is 10.00. The van der Waals surface area contributed by atoms with E-state index in [1.165, 1.54) is 48.7 Å². The largest absolute Gasteiger partial charge is 0.309 e. The molecule has 0 amide bonds. The molecule has 0 radical (unpaired) electrons. The number of aromatic nitrogens is 3. The van der Waals surface area contributed by atoms with E-state index in [-0.39, 0.29) is 0 Å². The van der Waals surface area contributed by atoms with Gasteiger partial charge in [0.2, 0.25) is 0 Å². The smallest absolute Gasteiger partial charge is 0.160 e. The molecule has 2 heterocycles. The van der Waals surface area contributed by atoms with Crippen molar-refractivity contribution in [3.05, 3.63) is 176 Å². The summed E-state index contributed by atoms with van der Waals surface area (Å²) < 4.78 is 2.43. The van der Waals surface area contributed by atoms with E-state index in [0.717, 1.165) is 39.2 Å². The molecule has 10 rings (SSSR count). The Labute approximate surface area is 283 Å². The Bertz CT molecular complexity index is 2720. The van der Waals surface area contributed by atoms with Crippen LogP contribution in [-0.2, 0) is 0 Å². The van der Waals surface area contributed by atoms with E-state index in [2.05, 4.69) is 168 Å². The average molecular weight is 624 g/mol. The lowest BCUT2D eigenvalue weighted by Crippen LogP contribution is -1.96. The number of benzene rings is 8. The van der Waals surface area contributed by atoms with Crippen molar-refractivity contribution < 1.29 is 0 Å². The highest BCUT2D eigenvalue weighted by molar-refractivity contribution is 6.28. The lowest BCUT2D eigenvalue weighted by Gasteiger charge is -2.12. The Balaban J connectivity index is 1.15. The molecule has 10 aromatic rings. The van der Waals surface area contributed by atoms with Gasteiger partial charge in [0.1, 0.15) is 0 Å². The van der Waals surface area contributed by atoms with Crippen LogP contribution in [0.15, 0.2) is 176 Å². The number of nitrogens with zero attached hydrogens (tertiary/aromatic N) is 3. The van der Waals surface area contributed by atoms with Gasteiger partial charge in [-0.25, -0.2) is 9.97 Å². The van der Waals surface area contributed by atoms with Crippen molar-refractivity contribution in [3.8, 4) is 39.6 Å². The van der Waals surface area contributed by atoms with E-state index in [4.69, 9.17) is 9.97 Å². The quantitative estimate of drug-likeness (QED) is 0.195. The Kier molecular flexibility index (Phi) is 6.18. The van der Waals surface area contributed by atoms with Gasteiger partial charge in [-0.15, -0.1) is 0 Å². The van der Waals surface area contributed by atoms with Crippen LogP contribution in [-0.4, -0.2) is 14.5 Å². The van der Waals surface area contributed by atoms with Crippen molar-refractivity contribution in [1.82, 2.24) is 14.5 Å². The summed E-state index contributed by atoms with van der Waals surface area (Å²) in [5.74, 6) is 0.715. The molecule has 49 heavy (non-hydrogen) atoms. The fraction of sp³-hybridized carbons (Fsp3) is 0. The third-order valence-electron chi connectivity index (χ3n) is 9.75. The Morgan fingerprint density at radius 2 is 0.837 bits per heavy atom. The highest BCUT2D eigenvalue weighted by atomic mass is 15.0. The molecule has 8 aromatic carbocycles. The maximum Gasteiger partial charge on any atom is 0.160 e. The molecule has 228 valence electrons. The highest BCUT2D eigenvalue weighted by Crippen LogP contribution is 2.41. The normalized spacial score (nSPS) is 11.7.